The average molecular weight is 244 g/mol. The molecule has 0 aromatic carbocycles. The molecule has 0 amide bonds. The molecule has 1 aliphatic heterocycles. The van der Waals surface area contributed by atoms with Gasteiger partial charge in [0.05, 0.1) is 0 Å². The summed E-state index contributed by atoms with van der Waals surface area (Å²) in [6, 6.07) is 2.15. The van der Waals surface area contributed by atoms with E-state index >= 15 is 0 Å². The Labute approximate surface area is 70.4 Å². The molecular weight excluding hydrogens is 237 g/mol. The van der Waals surface area contributed by atoms with Gasteiger partial charge in [-0.1, -0.05) is 0 Å². The number of hydrogen-bond acceptors (Lipinski definition) is 1. The third-order valence-electron chi connectivity index (χ3n) is 1.44. The van der Waals surface area contributed by atoms with Gasteiger partial charge < -0.3 is 0 Å². The molecule has 0 saturated heterocycles. The van der Waals surface area contributed by atoms with Gasteiger partial charge in [0.1, 0.15) is 0 Å². The second-order valence-electron chi connectivity index (χ2n) is 2.25. The van der Waals surface area contributed by atoms with Crippen LogP contribution in [0.2, 0.25) is 0 Å². The van der Waals surface area contributed by atoms with Crippen molar-refractivity contribution in [3.05, 3.63) is 31.2 Å². The molecule has 0 bridgehead atoms. The minimum atomic E-state index is 0.167. The van der Waals surface area contributed by atoms with Crippen molar-refractivity contribution in [2.75, 3.05) is 0 Å². The molecule has 2 heterocycles. The summed E-state index contributed by atoms with van der Waals surface area (Å²) in [5.41, 5.74) is 2.51. The van der Waals surface area contributed by atoms with E-state index in [1.165, 1.54) is 9.13 Å². The number of hydrogen-bond donors (Lipinski definition) is 0. The molecule has 0 saturated carbocycles. The zero-order valence-corrected chi connectivity index (χ0v) is 7.79. The SMILES string of the molecule is Cc1cc2c(cn1)[I-]C=C2. The number of nitrogens with zero attached hydrogens (tertiary/aromatic N) is 1. The Morgan fingerprint density at radius 1 is 1.50 bits per heavy atom. The Balaban J connectivity index is 2.60. The summed E-state index contributed by atoms with van der Waals surface area (Å²) in [5, 5.41) is 0. The summed E-state index contributed by atoms with van der Waals surface area (Å²) in [5.74, 6) is 0. The van der Waals surface area contributed by atoms with Crippen LogP contribution in [0.1, 0.15) is 11.3 Å². The monoisotopic (exact) mass is 244 g/mol. The van der Waals surface area contributed by atoms with Crippen molar-refractivity contribution >= 4 is 6.08 Å². The quantitative estimate of drug-likeness (QED) is 0.513. The molecule has 0 aliphatic carbocycles. The molecule has 1 aromatic heterocycles. The molecule has 0 atom stereocenters. The topological polar surface area (TPSA) is 12.9 Å². The summed E-state index contributed by atoms with van der Waals surface area (Å²) in [4.78, 5) is 4.24. The predicted molar refractivity (Wildman–Crippen MR) is 36.7 cm³/mol. The van der Waals surface area contributed by atoms with E-state index < -0.39 is 0 Å². The zero-order valence-electron chi connectivity index (χ0n) is 5.63. The van der Waals surface area contributed by atoms with Crippen molar-refractivity contribution in [1.29, 1.82) is 0 Å². The maximum atomic E-state index is 4.24. The molecule has 2 rings (SSSR count). The third kappa shape index (κ3) is 0.963. The normalized spacial score (nSPS) is 14.5. The minimum absolute atomic E-state index is 0.167. The van der Waals surface area contributed by atoms with Gasteiger partial charge >= 0.3 is 70.4 Å². The molecule has 1 nitrogen and oxygen atoms in total. The zero-order chi connectivity index (χ0) is 6.97. The standard InChI is InChI=1S/C8H7IN/c1-6-4-7-2-3-9-8(7)5-10-6/h2-5H,1H3/q-1. The molecule has 1 aliphatic rings. The van der Waals surface area contributed by atoms with Crippen LogP contribution in [-0.2, 0) is 0 Å². The van der Waals surface area contributed by atoms with Gasteiger partial charge in [0, 0.05) is 0 Å². The molecule has 52 valence electrons. The van der Waals surface area contributed by atoms with Gasteiger partial charge in [-0.05, 0) is 0 Å². The fraction of sp³-hybridized carbons (Fsp3) is 0.125. The number of rotatable bonds is 0. The second kappa shape index (κ2) is 2.34. The molecule has 10 heavy (non-hydrogen) atoms. The maximum absolute atomic E-state index is 4.24. The van der Waals surface area contributed by atoms with E-state index in [-0.39, 0.29) is 21.2 Å². The molecule has 0 spiro atoms. The van der Waals surface area contributed by atoms with Crippen molar-refractivity contribution in [2.45, 2.75) is 6.92 Å². The van der Waals surface area contributed by atoms with Crippen molar-refractivity contribution in [3.63, 3.8) is 0 Å². The number of fused-ring (bicyclic) bond motifs is 1. The average Bonchev–Trinajstić information content (AvgIpc) is 2.33. The van der Waals surface area contributed by atoms with E-state index in [1.54, 1.807) is 0 Å². The summed E-state index contributed by atoms with van der Waals surface area (Å²) >= 11 is 0.167. The molecule has 0 fully saturated rings. The van der Waals surface area contributed by atoms with Gasteiger partial charge in [-0.2, -0.15) is 0 Å². The first-order valence-electron chi connectivity index (χ1n) is 3.13. The van der Waals surface area contributed by atoms with Gasteiger partial charge in [0.15, 0.2) is 0 Å². The van der Waals surface area contributed by atoms with Gasteiger partial charge in [0.25, 0.3) is 0 Å². The first-order valence-corrected chi connectivity index (χ1v) is 5.45. The summed E-state index contributed by atoms with van der Waals surface area (Å²) in [6.07, 6.45) is 4.22. The molecule has 0 unspecified atom stereocenters. The van der Waals surface area contributed by atoms with Crippen molar-refractivity contribution in [2.24, 2.45) is 0 Å². The summed E-state index contributed by atoms with van der Waals surface area (Å²) < 4.78 is 3.74. The van der Waals surface area contributed by atoms with E-state index in [0.717, 1.165) is 5.69 Å². The molecular formula is C8H7IN-. The van der Waals surface area contributed by atoms with Crippen LogP contribution in [0.15, 0.2) is 16.3 Å². The van der Waals surface area contributed by atoms with Crippen LogP contribution in [0.4, 0.5) is 0 Å². The van der Waals surface area contributed by atoms with Gasteiger partial charge in [-0.3, -0.25) is 0 Å². The second-order valence-corrected chi connectivity index (χ2v) is 4.75. The van der Waals surface area contributed by atoms with Crippen LogP contribution in [0.3, 0.4) is 0 Å². The van der Waals surface area contributed by atoms with Crippen molar-refractivity contribution < 1.29 is 21.2 Å². The fourth-order valence-electron chi connectivity index (χ4n) is 0.950. The number of aromatic nitrogens is 1. The molecule has 0 N–H and O–H groups in total. The third-order valence-corrected chi connectivity index (χ3v) is 3.74. The van der Waals surface area contributed by atoms with Crippen LogP contribution in [0.5, 0.6) is 0 Å². The fourth-order valence-corrected chi connectivity index (χ4v) is 2.90. The van der Waals surface area contributed by atoms with Gasteiger partial charge in [-0.15, -0.1) is 0 Å². The van der Waals surface area contributed by atoms with E-state index in [1.807, 2.05) is 13.1 Å². The predicted octanol–water partition coefficient (Wildman–Crippen LogP) is -1.37. The Hall–Kier alpha value is -0.380. The van der Waals surface area contributed by atoms with E-state index in [0.29, 0.717) is 0 Å². The van der Waals surface area contributed by atoms with Gasteiger partial charge in [-0.25, -0.2) is 0 Å². The van der Waals surface area contributed by atoms with Crippen LogP contribution >= 0.6 is 0 Å². The van der Waals surface area contributed by atoms with Crippen LogP contribution < -0.4 is 21.2 Å². The van der Waals surface area contributed by atoms with Crippen molar-refractivity contribution in [3.8, 4) is 0 Å². The van der Waals surface area contributed by atoms with E-state index in [4.69, 9.17) is 0 Å². The first-order chi connectivity index (χ1) is 4.86. The van der Waals surface area contributed by atoms with Crippen LogP contribution in [0.25, 0.3) is 6.08 Å². The molecule has 0 radical (unpaired) electrons. The summed E-state index contributed by atoms with van der Waals surface area (Å²) in [7, 11) is 0. The van der Waals surface area contributed by atoms with Crippen molar-refractivity contribution in [1.82, 2.24) is 4.98 Å². The number of pyridine rings is 1. The van der Waals surface area contributed by atoms with Crippen LogP contribution in [-0.4, -0.2) is 4.98 Å². The van der Waals surface area contributed by atoms with E-state index in [2.05, 4.69) is 21.2 Å². The van der Waals surface area contributed by atoms with Crippen LogP contribution in [0, 0.1) is 10.5 Å². The molecule has 2 heteroatoms. The number of halogens is 1. The Morgan fingerprint density at radius 2 is 2.40 bits per heavy atom. The van der Waals surface area contributed by atoms with E-state index in [9.17, 15) is 0 Å². The Morgan fingerprint density at radius 3 is 3.30 bits per heavy atom. The van der Waals surface area contributed by atoms with Gasteiger partial charge in [0.2, 0.25) is 0 Å². The molecule has 1 aromatic rings. The Kier molecular flexibility index (Phi) is 1.48. The Bertz CT molecular complexity index is 291. The summed E-state index contributed by atoms with van der Waals surface area (Å²) in [6.45, 7) is 2.03. The first kappa shape index (κ1) is 6.34. The number of aryl methyl sites for hydroxylation is 1.